The molecule has 1 fully saturated rings. The van der Waals surface area contributed by atoms with Crippen molar-refractivity contribution in [1.29, 1.82) is 0 Å². The molecule has 2 aliphatic carbocycles. The van der Waals surface area contributed by atoms with Gasteiger partial charge in [0.2, 0.25) is 0 Å². The fourth-order valence-electron chi connectivity index (χ4n) is 2.65. The predicted octanol–water partition coefficient (Wildman–Crippen LogP) is 2.13. The van der Waals surface area contributed by atoms with Crippen molar-refractivity contribution in [3.63, 3.8) is 0 Å². The van der Waals surface area contributed by atoms with Crippen molar-refractivity contribution < 1.29 is 0 Å². The summed E-state index contributed by atoms with van der Waals surface area (Å²) in [5, 5.41) is 3.64. The number of aryl methyl sites for hydroxylation is 1. The van der Waals surface area contributed by atoms with Gasteiger partial charge in [0.15, 0.2) is 0 Å². The van der Waals surface area contributed by atoms with Crippen molar-refractivity contribution in [2.24, 2.45) is 5.92 Å². The topological polar surface area (TPSA) is 38.0 Å². The van der Waals surface area contributed by atoms with E-state index in [0.29, 0.717) is 0 Å². The molecule has 0 saturated heterocycles. The van der Waals surface area contributed by atoms with E-state index < -0.39 is 0 Å². The molecule has 0 aliphatic heterocycles. The lowest BCUT2D eigenvalue weighted by Crippen LogP contribution is -2.28. The van der Waals surface area contributed by atoms with Crippen LogP contribution < -0.4 is 11.1 Å². The first-order valence-electron chi connectivity index (χ1n) is 6.42. The minimum atomic E-state index is 0.830. The molecular weight excluding hydrogens is 196 g/mol. The Bertz CT molecular complexity index is 382. The van der Waals surface area contributed by atoms with Crippen LogP contribution in [-0.2, 0) is 12.8 Å². The van der Waals surface area contributed by atoms with Crippen LogP contribution in [0.25, 0.3) is 0 Å². The molecule has 1 aromatic rings. The summed E-state index contributed by atoms with van der Waals surface area (Å²) in [6.07, 6.45) is 6.53. The highest BCUT2D eigenvalue weighted by Crippen LogP contribution is 2.27. The third kappa shape index (κ3) is 2.22. The highest BCUT2D eigenvalue weighted by atomic mass is 14.9. The van der Waals surface area contributed by atoms with E-state index in [2.05, 4.69) is 17.4 Å². The Balaban J connectivity index is 1.63. The maximum Gasteiger partial charge on any atom is 0.0316 e. The van der Waals surface area contributed by atoms with Crippen LogP contribution in [0.4, 0.5) is 5.69 Å². The zero-order chi connectivity index (χ0) is 11.0. The van der Waals surface area contributed by atoms with Gasteiger partial charge in [-0.3, -0.25) is 0 Å². The molecule has 0 amide bonds. The van der Waals surface area contributed by atoms with E-state index in [0.717, 1.165) is 17.6 Å². The van der Waals surface area contributed by atoms with E-state index in [1.54, 1.807) is 0 Å². The van der Waals surface area contributed by atoms with E-state index in [1.165, 1.54) is 49.8 Å². The molecule has 1 saturated carbocycles. The van der Waals surface area contributed by atoms with E-state index in [1.807, 2.05) is 6.07 Å². The average molecular weight is 216 g/mol. The molecule has 0 bridgehead atoms. The van der Waals surface area contributed by atoms with E-state index in [4.69, 9.17) is 5.73 Å². The molecule has 0 radical (unpaired) electrons. The zero-order valence-corrected chi connectivity index (χ0v) is 9.71. The van der Waals surface area contributed by atoms with Gasteiger partial charge >= 0.3 is 0 Å². The summed E-state index contributed by atoms with van der Waals surface area (Å²) in [7, 11) is 0. The second-order valence-corrected chi connectivity index (χ2v) is 5.32. The van der Waals surface area contributed by atoms with Gasteiger partial charge in [0.05, 0.1) is 0 Å². The first-order chi connectivity index (χ1) is 7.81. The van der Waals surface area contributed by atoms with Gasteiger partial charge < -0.3 is 11.1 Å². The number of nitrogen functional groups attached to an aromatic ring is 1. The maximum absolute atomic E-state index is 5.81. The van der Waals surface area contributed by atoms with Crippen LogP contribution in [0.15, 0.2) is 18.2 Å². The van der Waals surface area contributed by atoms with E-state index in [9.17, 15) is 0 Å². The second kappa shape index (κ2) is 4.10. The smallest absolute Gasteiger partial charge is 0.0316 e. The normalized spacial score (nSPS) is 24.1. The van der Waals surface area contributed by atoms with Crippen LogP contribution in [0.2, 0.25) is 0 Å². The number of benzene rings is 1. The fraction of sp³-hybridized carbons (Fsp3) is 0.571. The third-order valence-corrected chi connectivity index (χ3v) is 3.83. The third-order valence-electron chi connectivity index (χ3n) is 3.83. The van der Waals surface area contributed by atoms with Gasteiger partial charge in [-0.05, 0) is 67.8 Å². The lowest BCUT2D eigenvalue weighted by Gasteiger charge is -2.25. The van der Waals surface area contributed by atoms with Crippen molar-refractivity contribution in [2.45, 2.75) is 38.1 Å². The van der Waals surface area contributed by atoms with Crippen molar-refractivity contribution >= 4 is 5.69 Å². The number of nitrogens with two attached hydrogens (primary N) is 1. The summed E-state index contributed by atoms with van der Waals surface area (Å²) in [5.74, 6) is 0.830. The Morgan fingerprint density at radius 2 is 2.06 bits per heavy atom. The molecule has 2 nitrogen and oxygen atoms in total. The van der Waals surface area contributed by atoms with Crippen LogP contribution in [0.5, 0.6) is 0 Å². The lowest BCUT2D eigenvalue weighted by atomic mass is 9.83. The molecule has 0 heterocycles. The highest BCUT2D eigenvalue weighted by molar-refractivity contribution is 5.45. The molecule has 3 rings (SSSR count). The minimum Gasteiger partial charge on any atom is -0.399 e. The van der Waals surface area contributed by atoms with E-state index >= 15 is 0 Å². The van der Waals surface area contributed by atoms with Gasteiger partial charge in [0, 0.05) is 11.7 Å². The van der Waals surface area contributed by atoms with Crippen molar-refractivity contribution in [3.05, 3.63) is 29.3 Å². The minimum absolute atomic E-state index is 0.830. The number of rotatable bonds is 3. The molecule has 16 heavy (non-hydrogen) atoms. The number of anilines is 1. The number of hydrogen-bond donors (Lipinski definition) is 2. The molecule has 2 heteroatoms. The highest BCUT2D eigenvalue weighted by Gasteiger charge is 2.24. The Morgan fingerprint density at radius 3 is 2.88 bits per heavy atom. The first kappa shape index (κ1) is 10.2. The Kier molecular flexibility index (Phi) is 2.60. The summed E-state index contributed by atoms with van der Waals surface area (Å²) in [6.45, 7) is 1.20. The summed E-state index contributed by atoms with van der Waals surface area (Å²) < 4.78 is 0. The summed E-state index contributed by atoms with van der Waals surface area (Å²) in [5.41, 5.74) is 9.71. The molecule has 0 spiro atoms. The maximum atomic E-state index is 5.81. The molecule has 1 aromatic carbocycles. The van der Waals surface area contributed by atoms with Crippen LogP contribution in [0, 0.1) is 5.92 Å². The van der Waals surface area contributed by atoms with Gasteiger partial charge in [0.25, 0.3) is 0 Å². The quantitative estimate of drug-likeness (QED) is 0.760. The van der Waals surface area contributed by atoms with Gasteiger partial charge in [-0.2, -0.15) is 0 Å². The van der Waals surface area contributed by atoms with Crippen molar-refractivity contribution in [3.8, 4) is 0 Å². The van der Waals surface area contributed by atoms with Crippen LogP contribution in [0.1, 0.15) is 30.4 Å². The number of fused-ring (bicyclic) bond motifs is 1. The first-order valence-corrected chi connectivity index (χ1v) is 6.42. The summed E-state index contributed by atoms with van der Waals surface area (Å²) in [4.78, 5) is 0. The van der Waals surface area contributed by atoms with Crippen LogP contribution >= 0.6 is 0 Å². The lowest BCUT2D eigenvalue weighted by molar-refractivity contribution is 0.423. The summed E-state index contributed by atoms with van der Waals surface area (Å²) >= 11 is 0. The summed E-state index contributed by atoms with van der Waals surface area (Å²) in [6, 6.07) is 7.25. The van der Waals surface area contributed by atoms with E-state index in [-0.39, 0.29) is 0 Å². The molecule has 3 N–H and O–H groups in total. The fourth-order valence-corrected chi connectivity index (χ4v) is 2.65. The Labute approximate surface area is 97.2 Å². The van der Waals surface area contributed by atoms with Crippen LogP contribution in [-0.4, -0.2) is 12.6 Å². The molecule has 2 aliphatic rings. The average Bonchev–Trinajstić information content (AvgIpc) is 3.10. The number of nitrogens with one attached hydrogen (secondary N) is 1. The van der Waals surface area contributed by atoms with Gasteiger partial charge in [-0.1, -0.05) is 6.07 Å². The van der Waals surface area contributed by atoms with Crippen LogP contribution in [0.3, 0.4) is 0 Å². The Hall–Kier alpha value is -1.02. The predicted molar refractivity (Wildman–Crippen MR) is 67.4 cm³/mol. The largest absolute Gasteiger partial charge is 0.399 e. The molecule has 1 atom stereocenters. The van der Waals surface area contributed by atoms with Crippen molar-refractivity contribution in [2.75, 3.05) is 12.3 Å². The SMILES string of the molecule is Nc1ccc2c(c1)CCC(CNC1CC1)C2. The second-order valence-electron chi connectivity index (χ2n) is 5.32. The van der Waals surface area contributed by atoms with Gasteiger partial charge in [-0.25, -0.2) is 0 Å². The van der Waals surface area contributed by atoms with Crippen molar-refractivity contribution in [1.82, 2.24) is 5.32 Å². The molecule has 0 aromatic heterocycles. The van der Waals surface area contributed by atoms with Gasteiger partial charge in [-0.15, -0.1) is 0 Å². The zero-order valence-electron chi connectivity index (χ0n) is 9.71. The van der Waals surface area contributed by atoms with Gasteiger partial charge in [0.1, 0.15) is 0 Å². The molecule has 86 valence electrons. The molecular formula is C14H20N2. The monoisotopic (exact) mass is 216 g/mol. The molecule has 1 unspecified atom stereocenters. The standard InChI is InChI=1S/C14H20N2/c15-13-4-3-11-7-10(1-2-12(11)8-13)9-16-14-5-6-14/h3-4,8,10,14,16H,1-2,5-7,9,15H2. The Morgan fingerprint density at radius 1 is 1.19 bits per heavy atom. The number of hydrogen-bond acceptors (Lipinski definition) is 2.